The molecule has 29 heavy (non-hydrogen) atoms. The minimum atomic E-state index is -0.568. The van der Waals surface area contributed by atoms with Crippen molar-refractivity contribution in [2.24, 2.45) is 0 Å². The van der Waals surface area contributed by atoms with Crippen LogP contribution in [0.5, 0.6) is 5.75 Å². The van der Waals surface area contributed by atoms with Crippen LogP contribution in [-0.2, 0) is 11.2 Å². The summed E-state index contributed by atoms with van der Waals surface area (Å²) >= 11 is 6.01. The van der Waals surface area contributed by atoms with Gasteiger partial charge in [-0.05, 0) is 52.7 Å². The van der Waals surface area contributed by atoms with E-state index >= 15 is 0 Å². The molecular weight excluding hydrogens is 394 g/mol. The highest BCUT2D eigenvalue weighted by molar-refractivity contribution is 6.30. The fourth-order valence-electron chi connectivity index (χ4n) is 2.83. The Hall–Kier alpha value is -2.97. The topological polar surface area (TPSA) is 91.2 Å². The minimum Gasteiger partial charge on any atom is -0.410 e. The molecule has 9 heteroatoms. The first-order valence-corrected chi connectivity index (χ1v) is 9.54. The number of hydrogen-bond donors (Lipinski definition) is 1. The lowest BCUT2D eigenvalue weighted by Crippen LogP contribution is -2.37. The maximum Gasteiger partial charge on any atom is 0.412 e. The number of nitrogens with one attached hydrogen (secondary N) is 1. The van der Waals surface area contributed by atoms with Crippen molar-refractivity contribution >= 4 is 17.7 Å². The maximum absolute atomic E-state index is 12.3. The van der Waals surface area contributed by atoms with E-state index in [0.29, 0.717) is 35.3 Å². The lowest BCUT2D eigenvalue weighted by Gasteiger charge is -2.14. The summed E-state index contributed by atoms with van der Waals surface area (Å²) in [6.45, 7) is 4.18. The van der Waals surface area contributed by atoms with E-state index in [2.05, 4.69) is 20.8 Å². The van der Waals surface area contributed by atoms with Crippen molar-refractivity contribution in [3.63, 3.8) is 0 Å². The minimum absolute atomic E-state index is 0.183. The first-order chi connectivity index (χ1) is 14.0. The van der Waals surface area contributed by atoms with E-state index in [9.17, 15) is 4.79 Å². The van der Waals surface area contributed by atoms with E-state index in [1.807, 2.05) is 32.0 Å². The number of amides is 1. The van der Waals surface area contributed by atoms with Gasteiger partial charge >= 0.3 is 6.09 Å². The summed E-state index contributed by atoms with van der Waals surface area (Å²) in [5.41, 5.74) is 2.44. The standard InChI is InChI=1S/C20H22ClN5O3/c1-4-19-23-24-25-26(19)17-9-15(14-5-7-16(21)8-6-14)10-18(11-17)29-20(27)22-13(2)12-28-3/h5-11,13H,4,12H2,1-3H3,(H,22,27). The van der Waals surface area contributed by atoms with Crippen molar-refractivity contribution in [2.45, 2.75) is 26.3 Å². The number of ether oxygens (including phenoxy) is 2. The highest BCUT2D eigenvalue weighted by Gasteiger charge is 2.14. The van der Waals surface area contributed by atoms with Crippen LogP contribution < -0.4 is 10.1 Å². The van der Waals surface area contributed by atoms with E-state index in [-0.39, 0.29) is 6.04 Å². The lowest BCUT2D eigenvalue weighted by molar-refractivity contribution is 0.159. The van der Waals surface area contributed by atoms with Crippen LogP contribution >= 0.6 is 11.6 Å². The summed E-state index contributed by atoms with van der Waals surface area (Å²) in [6.07, 6.45) is 0.0878. The number of benzene rings is 2. The van der Waals surface area contributed by atoms with Crippen molar-refractivity contribution in [3.8, 4) is 22.6 Å². The molecule has 1 N–H and O–H groups in total. The average Bonchev–Trinajstić information content (AvgIpc) is 3.17. The Bertz CT molecular complexity index is 975. The number of halogens is 1. The molecule has 0 aliphatic carbocycles. The van der Waals surface area contributed by atoms with Crippen LogP contribution in [0.4, 0.5) is 4.79 Å². The highest BCUT2D eigenvalue weighted by atomic mass is 35.5. The smallest absolute Gasteiger partial charge is 0.410 e. The molecule has 1 unspecified atom stereocenters. The number of hydrogen-bond acceptors (Lipinski definition) is 6. The van der Waals surface area contributed by atoms with Crippen molar-refractivity contribution in [2.75, 3.05) is 13.7 Å². The lowest BCUT2D eigenvalue weighted by atomic mass is 10.0. The van der Waals surface area contributed by atoms with Crippen LogP contribution in [0.25, 0.3) is 16.8 Å². The fourth-order valence-corrected chi connectivity index (χ4v) is 2.96. The summed E-state index contributed by atoms with van der Waals surface area (Å²) < 4.78 is 12.2. The third-order valence-corrected chi connectivity index (χ3v) is 4.41. The van der Waals surface area contributed by atoms with E-state index < -0.39 is 6.09 Å². The molecule has 1 amide bonds. The number of nitrogens with zero attached hydrogens (tertiary/aromatic N) is 4. The zero-order chi connectivity index (χ0) is 20.8. The van der Waals surface area contributed by atoms with Gasteiger partial charge in [0.05, 0.1) is 18.3 Å². The summed E-state index contributed by atoms with van der Waals surface area (Å²) in [4.78, 5) is 12.3. The molecule has 2 aromatic carbocycles. The van der Waals surface area contributed by atoms with Gasteiger partial charge in [-0.2, -0.15) is 4.68 Å². The van der Waals surface area contributed by atoms with Crippen LogP contribution in [0.2, 0.25) is 5.02 Å². The van der Waals surface area contributed by atoms with Crippen LogP contribution in [-0.4, -0.2) is 46.1 Å². The van der Waals surface area contributed by atoms with Gasteiger partial charge in [-0.1, -0.05) is 30.7 Å². The molecule has 8 nitrogen and oxygen atoms in total. The Kier molecular flexibility index (Phi) is 6.79. The molecule has 1 heterocycles. The number of aryl methyl sites for hydroxylation is 1. The SMILES string of the molecule is CCc1nnnn1-c1cc(OC(=O)NC(C)COC)cc(-c2ccc(Cl)cc2)c1. The quantitative estimate of drug-likeness (QED) is 0.633. The molecule has 152 valence electrons. The summed E-state index contributed by atoms with van der Waals surface area (Å²) in [5, 5.41) is 15.2. The van der Waals surface area contributed by atoms with Gasteiger partial charge in [0.15, 0.2) is 5.82 Å². The number of tetrazole rings is 1. The average molecular weight is 416 g/mol. The Labute approximate surface area is 173 Å². The van der Waals surface area contributed by atoms with Gasteiger partial charge in [0.2, 0.25) is 0 Å². The van der Waals surface area contributed by atoms with Gasteiger partial charge in [0.25, 0.3) is 0 Å². The van der Waals surface area contributed by atoms with Crippen LogP contribution in [0.1, 0.15) is 19.7 Å². The molecule has 0 aliphatic heterocycles. The summed E-state index contributed by atoms with van der Waals surface area (Å²) in [6, 6.07) is 12.6. The van der Waals surface area contributed by atoms with Crippen molar-refractivity contribution < 1.29 is 14.3 Å². The van der Waals surface area contributed by atoms with Crippen molar-refractivity contribution in [1.29, 1.82) is 0 Å². The summed E-state index contributed by atoms with van der Waals surface area (Å²) in [5.74, 6) is 1.06. The third kappa shape index (κ3) is 5.30. The van der Waals surface area contributed by atoms with Gasteiger partial charge in [0, 0.05) is 24.6 Å². The van der Waals surface area contributed by atoms with Gasteiger partial charge < -0.3 is 14.8 Å². The van der Waals surface area contributed by atoms with E-state index in [1.54, 1.807) is 36.1 Å². The van der Waals surface area contributed by atoms with Crippen LogP contribution in [0, 0.1) is 0 Å². The maximum atomic E-state index is 12.3. The largest absolute Gasteiger partial charge is 0.412 e. The molecule has 0 spiro atoms. The number of methoxy groups -OCH3 is 1. The molecule has 0 aliphatic rings. The first kappa shape index (κ1) is 20.8. The fraction of sp³-hybridized carbons (Fsp3) is 0.300. The van der Waals surface area contributed by atoms with Gasteiger partial charge in [-0.3, -0.25) is 0 Å². The Morgan fingerprint density at radius 2 is 1.97 bits per heavy atom. The number of carbonyl (C=O) groups is 1. The molecule has 3 aromatic rings. The number of carbonyl (C=O) groups excluding carboxylic acids is 1. The Morgan fingerprint density at radius 3 is 2.66 bits per heavy atom. The van der Waals surface area contributed by atoms with Gasteiger partial charge in [-0.25, -0.2) is 4.79 Å². The van der Waals surface area contributed by atoms with Crippen LogP contribution in [0.15, 0.2) is 42.5 Å². The van der Waals surface area contributed by atoms with Crippen molar-refractivity contribution in [3.05, 3.63) is 53.3 Å². The van der Waals surface area contributed by atoms with E-state index in [1.165, 1.54) is 0 Å². The Balaban J connectivity index is 1.96. The highest BCUT2D eigenvalue weighted by Crippen LogP contribution is 2.29. The number of aromatic nitrogens is 4. The molecule has 0 fully saturated rings. The van der Waals surface area contributed by atoms with E-state index in [4.69, 9.17) is 21.1 Å². The molecule has 1 atom stereocenters. The second kappa shape index (κ2) is 9.49. The molecule has 1 aromatic heterocycles. The predicted molar refractivity (Wildman–Crippen MR) is 109 cm³/mol. The molecule has 3 rings (SSSR count). The first-order valence-electron chi connectivity index (χ1n) is 9.16. The normalized spacial score (nSPS) is 11.9. The van der Waals surface area contributed by atoms with Crippen LogP contribution in [0.3, 0.4) is 0 Å². The second-order valence-corrected chi connectivity index (χ2v) is 6.91. The van der Waals surface area contributed by atoms with Crippen molar-refractivity contribution in [1.82, 2.24) is 25.5 Å². The summed E-state index contributed by atoms with van der Waals surface area (Å²) in [7, 11) is 1.57. The second-order valence-electron chi connectivity index (χ2n) is 6.47. The molecule has 0 saturated heterocycles. The molecule has 0 saturated carbocycles. The molecule has 0 bridgehead atoms. The monoisotopic (exact) mass is 415 g/mol. The Morgan fingerprint density at radius 1 is 1.21 bits per heavy atom. The van der Waals surface area contributed by atoms with Gasteiger partial charge in [0.1, 0.15) is 5.75 Å². The zero-order valence-corrected chi connectivity index (χ0v) is 17.2. The predicted octanol–water partition coefficient (Wildman–Crippen LogP) is 3.67. The molecular formula is C20H22ClN5O3. The van der Waals surface area contributed by atoms with Gasteiger partial charge in [-0.15, -0.1) is 5.10 Å². The molecule has 0 radical (unpaired) electrons. The number of rotatable bonds is 7. The zero-order valence-electron chi connectivity index (χ0n) is 16.4. The third-order valence-electron chi connectivity index (χ3n) is 4.16. The van der Waals surface area contributed by atoms with E-state index in [0.717, 1.165) is 11.1 Å².